The molecule has 0 amide bonds. The first kappa shape index (κ1) is 12.6. The summed E-state index contributed by atoms with van der Waals surface area (Å²) in [5.41, 5.74) is 2.53. The fourth-order valence-electron chi connectivity index (χ4n) is 2.56. The Hall–Kier alpha value is -0.860. The third-order valence-corrected chi connectivity index (χ3v) is 3.74. The van der Waals surface area contributed by atoms with E-state index in [0.717, 1.165) is 12.8 Å². The van der Waals surface area contributed by atoms with Gasteiger partial charge in [-0.3, -0.25) is 0 Å². The molecule has 0 bridgehead atoms. The van der Waals surface area contributed by atoms with Crippen LogP contribution in [0.1, 0.15) is 50.8 Å². The van der Waals surface area contributed by atoms with E-state index in [9.17, 15) is 0 Å². The van der Waals surface area contributed by atoms with Crippen LogP contribution in [0.3, 0.4) is 0 Å². The Kier molecular flexibility index (Phi) is 3.55. The molecule has 1 aromatic carbocycles. The molecular weight excluding hydrogens is 212 g/mol. The largest absolute Gasteiger partial charge is 0.344 e. The summed E-state index contributed by atoms with van der Waals surface area (Å²) in [6.07, 6.45) is 1.99. The van der Waals surface area contributed by atoms with Crippen molar-refractivity contribution in [2.45, 2.75) is 58.5 Å². The molecule has 1 saturated heterocycles. The summed E-state index contributed by atoms with van der Waals surface area (Å²) >= 11 is 0. The lowest BCUT2D eigenvalue weighted by Crippen LogP contribution is -2.28. The van der Waals surface area contributed by atoms with Crippen LogP contribution in [0.15, 0.2) is 24.3 Å². The first-order valence-electron chi connectivity index (χ1n) is 6.53. The van der Waals surface area contributed by atoms with Crippen molar-refractivity contribution in [1.82, 2.24) is 0 Å². The predicted octanol–water partition coefficient (Wildman–Crippen LogP) is 3.99. The molecule has 1 aliphatic heterocycles. The number of hydrogen-bond donors (Lipinski definition) is 0. The van der Waals surface area contributed by atoms with Crippen LogP contribution in [0.2, 0.25) is 0 Å². The van der Waals surface area contributed by atoms with E-state index in [1.807, 2.05) is 0 Å². The van der Waals surface area contributed by atoms with Crippen molar-refractivity contribution in [3.05, 3.63) is 35.4 Å². The summed E-state index contributed by atoms with van der Waals surface area (Å²) in [5.74, 6) is -0.383. The van der Waals surface area contributed by atoms with Crippen LogP contribution in [0.4, 0.5) is 0 Å². The van der Waals surface area contributed by atoms with Crippen LogP contribution < -0.4 is 0 Å². The van der Waals surface area contributed by atoms with Gasteiger partial charge < -0.3 is 9.47 Å². The van der Waals surface area contributed by atoms with Crippen molar-refractivity contribution in [2.24, 2.45) is 0 Å². The highest BCUT2D eigenvalue weighted by atomic mass is 16.8. The third-order valence-electron chi connectivity index (χ3n) is 3.74. The highest BCUT2D eigenvalue weighted by Crippen LogP contribution is 2.42. The van der Waals surface area contributed by atoms with Crippen LogP contribution in [0.25, 0.3) is 0 Å². The summed E-state index contributed by atoms with van der Waals surface area (Å²) in [7, 11) is 0. The van der Waals surface area contributed by atoms with Crippen LogP contribution >= 0.6 is 0 Å². The molecule has 1 aromatic rings. The van der Waals surface area contributed by atoms with Gasteiger partial charge in [0.25, 0.3) is 0 Å². The maximum atomic E-state index is 6.20. The molecule has 1 heterocycles. The minimum atomic E-state index is -0.383. The molecule has 17 heavy (non-hydrogen) atoms. The number of hydrogen-bond acceptors (Lipinski definition) is 2. The predicted molar refractivity (Wildman–Crippen MR) is 68.9 cm³/mol. The zero-order chi connectivity index (χ0) is 12.5. The molecule has 1 fully saturated rings. The van der Waals surface area contributed by atoms with E-state index in [-0.39, 0.29) is 18.0 Å². The van der Waals surface area contributed by atoms with Gasteiger partial charge >= 0.3 is 0 Å². The Bertz CT molecular complexity index is 382. The van der Waals surface area contributed by atoms with E-state index in [2.05, 4.69) is 52.0 Å². The molecule has 0 unspecified atom stereocenters. The van der Waals surface area contributed by atoms with Gasteiger partial charge in [0.2, 0.25) is 0 Å². The highest BCUT2D eigenvalue weighted by Gasteiger charge is 2.44. The van der Waals surface area contributed by atoms with Gasteiger partial charge in [-0.2, -0.15) is 0 Å². The molecule has 2 heteroatoms. The minimum absolute atomic E-state index is 0.0658. The third kappa shape index (κ3) is 2.24. The van der Waals surface area contributed by atoms with Gasteiger partial charge in [-0.1, -0.05) is 38.1 Å². The SMILES string of the molecule is CCC1(CC)O[C@@H](C)[C@H](c2ccccc2C)O1. The molecule has 2 rings (SSSR count). The summed E-state index contributed by atoms with van der Waals surface area (Å²) in [4.78, 5) is 0. The second-order valence-electron chi connectivity index (χ2n) is 4.84. The van der Waals surface area contributed by atoms with Gasteiger partial charge in [0, 0.05) is 0 Å². The summed E-state index contributed by atoms with van der Waals surface area (Å²) < 4.78 is 12.3. The van der Waals surface area contributed by atoms with Gasteiger partial charge in [-0.05, 0) is 37.8 Å². The second-order valence-corrected chi connectivity index (χ2v) is 4.84. The topological polar surface area (TPSA) is 18.5 Å². The maximum absolute atomic E-state index is 6.20. The smallest absolute Gasteiger partial charge is 0.169 e. The van der Waals surface area contributed by atoms with Gasteiger partial charge in [0.05, 0.1) is 6.10 Å². The summed E-state index contributed by atoms with van der Waals surface area (Å²) in [6.45, 7) is 8.47. The van der Waals surface area contributed by atoms with Crippen LogP contribution in [-0.4, -0.2) is 11.9 Å². The highest BCUT2D eigenvalue weighted by molar-refractivity contribution is 5.29. The Morgan fingerprint density at radius 2 is 1.76 bits per heavy atom. The van der Waals surface area contributed by atoms with Gasteiger partial charge in [-0.25, -0.2) is 0 Å². The molecule has 2 nitrogen and oxygen atoms in total. The fourth-order valence-corrected chi connectivity index (χ4v) is 2.56. The van der Waals surface area contributed by atoms with Crippen LogP contribution in [0.5, 0.6) is 0 Å². The van der Waals surface area contributed by atoms with E-state index in [1.54, 1.807) is 0 Å². The van der Waals surface area contributed by atoms with Crippen molar-refractivity contribution in [3.63, 3.8) is 0 Å². The van der Waals surface area contributed by atoms with Gasteiger partial charge in [0.15, 0.2) is 5.79 Å². The van der Waals surface area contributed by atoms with Crippen LogP contribution in [0, 0.1) is 6.92 Å². The summed E-state index contributed by atoms with van der Waals surface area (Å²) in [6, 6.07) is 8.40. The zero-order valence-electron chi connectivity index (χ0n) is 11.2. The molecule has 0 N–H and O–H groups in total. The first-order valence-corrected chi connectivity index (χ1v) is 6.53. The van der Waals surface area contributed by atoms with Crippen LogP contribution in [-0.2, 0) is 9.47 Å². The van der Waals surface area contributed by atoms with Gasteiger partial charge in [-0.15, -0.1) is 0 Å². The lowest BCUT2D eigenvalue weighted by atomic mass is 10.0. The molecule has 1 aliphatic rings. The molecule has 0 saturated carbocycles. The minimum Gasteiger partial charge on any atom is -0.344 e. The Balaban J connectivity index is 2.27. The monoisotopic (exact) mass is 234 g/mol. The van der Waals surface area contributed by atoms with E-state index in [0.29, 0.717) is 0 Å². The molecule has 0 aliphatic carbocycles. The first-order chi connectivity index (χ1) is 8.12. The summed E-state index contributed by atoms with van der Waals surface area (Å²) in [5, 5.41) is 0. The van der Waals surface area contributed by atoms with Crippen molar-refractivity contribution >= 4 is 0 Å². The Labute approximate surface area is 104 Å². The van der Waals surface area contributed by atoms with Crippen molar-refractivity contribution in [1.29, 1.82) is 0 Å². The van der Waals surface area contributed by atoms with E-state index in [1.165, 1.54) is 11.1 Å². The molecule has 0 radical (unpaired) electrons. The molecule has 2 atom stereocenters. The Morgan fingerprint density at radius 1 is 1.12 bits per heavy atom. The number of aryl methyl sites for hydroxylation is 1. The number of benzene rings is 1. The van der Waals surface area contributed by atoms with Crippen molar-refractivity contribution in [2.75, 3.05) is 0 Å². The van der Waals surface area contributed by atoms with E-state index < -0.39 is 0 Å². The maximum Gasteiger partial charge on any atom is 0.169 e. The number of rotatable bonds is 3. The van der Waals surface area contributed by atoms with Crippen molar-refractivity contribution in [3.8, 4) is 0 Å². The lowest BCUT2D eigenvalue weighted by Gasteiger charge is -2.25. The molecular formula is C15H22O2. The average molecular weight is 234 g/mol. The van der Waals surface area contributed by atoms with Gasteiger partial charge in [0.1, 0.15) is 6.10 Å². The quantitative estimate of drug-likeness (QED) is 0.787. The zero-order valence-corrected chi connectivity index (χ0v) is 11.2. The lowest BCUT2D eigenvalue weighted by molar-refractivity contribution is -0.178. The number of ether oxygens (including phenoxy) is 2. The normalized spacial score (nSPS) is 27.3. The molecule has 0 aromatic heterocycles. The Morgan fingerprint density at radius 3 is 2.29 bits per heavy atom. The standard InChI is InChI=1S/C15H22O2/c1-5-15(6-2)16-12(4)14(17-15)13-10-8-7-9-11(13)3/h7-10,12,14H,5-6H2,1-4H3/t12-,14+/m0/s1. The fraction of sp³-hybridized carbons (Fsp3) is 0.600. The van der Waals surface area contributed by atoms with Crippen molar-refractivity contribution < 1.29 is 9.47 Å². The average Bonchev–Trinajstić information content (AvgIpc) is 2.68. The molecule has 0 spiro atoms. The molecule has 94 valence electrons. The van der Waals surface area contributed by atoms with E-state index in [4.69, 9.17) is 9.47 Å². The second kappa shape index (κ2) is 4.79. The van der Waals surface area contributed by atoms with E-state index >= 15 is 0 Å².